The minimum atomic E-state index is -1.66. The van der Waals surface area contributed by atoms with E-state index in [0.29, 0.717) is 29.5 Å². The van der Waals surface area contributed by atoms with Crippen LogP contribution in [0.1, 0.15) is 42.9 Å². The maximum absolute atomic E-state index is 14.5. The van der Waals surface area contributed by atoms with Crippen molar-refractivity contribution in [3.8, 4) is 11.5 Å². The molecule has 3 aromatic carbocycles. The van der Waals surface area contributed by atoms with E-state index >= 15 is 0 Å². The van der Waals surface area contributed by atoms with Gasteiger partial charge in [0.2, 0.25) is 41.4 Å². The van der Waals surface area contributed by atoms with E-state index in [-0.39, 0.29) is 55.2 Å². The van der Waals surface area contributed by atoms with Gasteiger partial charge in [0, 0.05) is 47.9 Å². The second-order valence-corrected chi connectivity index (χ2v) is 18.8. The van der Waals surface area contributed by atoms with Crippen molar-refractivity contribution < 1.29 is 48.9 Å². The minimum absolute atomic E-state index is 0.0183. The fourth-order valence-corrected chi connectivity index (χ4v) is 9.46. The van der Waals surface area contributed by atoms with Crippen LogP contribution in [-0.4, -0.2) is 128 Å². The Morgan fingerprint density at radius 3 is 1.96 bits per heavy atom. The van der Waals surface area contributed by atoms with Crippen LogP contribution >= 0.6 is 21.6 Å². The molecule has 360 valence electrons. The minimum Gasteiger partial charge on any atom is -0.508 e. The average molecular weight is 963 g/mol. The molecule has 5 rings (SSSR count). The van der Waals surface area contributed by atoms with Crippen LogP contribution in [0, 0.1) is 0 Å². The SMILES string of the molecule is C[C@@H](O)[C@@H]1NC(=O)[C@H](CCCCN)NC(=O)[C@@H](Cc2c[nH]c3ccccc23)NC(=O)[C@H](Cc2ccc(O)cc2)NC(=O)[C@H](N)CSSC[C@@H](C(=O)N[C@H](Cc2ccc(O)cc2)C(N)=O)NC1=O. The van der Waals surface area contributed by atoms with Crippen LogP contribution in [0.25, 0.3) is 10.9 Å². The van der Waals surface area contributed by atoms with Crippen molar-refractivity contribution in [1.82, 2.24) is 36.9 Å². The molecule has 0 aliphatic carbocycles. The van der Waals surface area contributed by atoms with Gasteiger partial charge in [0.15, 0.2) is 0 Å². The van der Waals surface area contributed by atoms with Crippen molar-refractivity contribution in [3.05, 3.63) is 95.7 Å². The summed E-state index contributed by atoms with van der Waals surface area (Å²) in [6.07, 6.45) is 0.796. The Hall–Kier alpha value is -6.33. The Kier molecular flexibility index (Phi) is 19.3. The number of rotatable bonds is 14. The van der Waals surface area contributed by atoms with E-state index in [9.17, 15) is 48.9 Å². The summed E-state index contributed by atoms with van der Waals surface area (Å²) in [6.45, 7) is 1.52. The second kappa shape index (κ2) is 25.0. The van der Waals surface area contributed by atoms with Crippen LogP contribution in [0.3, 0.4) is 0 Å². The number of amides is 7. The van der Waals surface area contributed by atoms with E-state index in [4.69, 9.17) is 17.2 Å². The number of unbranched alkanes of at least 4 members (excludes halogenated alkanes) is 1. The third-order valence-corrected chi connectivity index (χ3v) is 13.4. The smallest absolute Gasteiger partial charge is 0.245 e. The highest BCUT2D eigenvalue weighted by molar-refractivity contribution is 8.76. The van der Waals surface area contributed by atoms with Crippen molar-refractivity contribution in [2.24, 2.45) is 17.2 Å². The molecular formula is C45H58N10O10S2. The third-order valence-electron chi connectivity index (χ3n) is 11.0. The average Bonchev–Trinajstić information content (AvgIpc) is 3.71. The number of hydrogen-bond acceptors (Lipinski definition) is 14. The molecule has 0 bridgehead atoms. The number of hydrogen-bond donors (Lipinski definition) is 13. The van der Waals surface area contributed by atoms with Crippen molar-refractivity contribution in [2.75, 3.05) is 18.1 Å². The number of fused-ring (bicyclic) bond motifs is 1. The van der Waals surface area contributed by atoms with Gasteiger partial charge in [0.25, 0.3) is 0 Å². The Morgan fingerprint density at radius 1 is 0.731 bits per heavy atom. The van der Waals surface area contributed by atoms with Gasteiger partial charge in [-0.05, 0) is 79.8 Å². The van der Waals surface area contributed by atoms with Crippen LogP contribution in [-0.2, 0) is 52.8 Å². The Labute approximate surface area is 394 Å². The van der Waals surface area contributed by atoms with E-state index in [1.54, 1.807) is 30.5 Å². The first kappa shape index (κ1) is 51.7. The molecule has 7 amide bonds. The molecule has 22 heteroatoms. The van der Waals surface area contributed by atoms with Crippen LogP contribution in [0.2, 0.25) is 0 Å². The highest BCUT2D eigenvalue weighted by Crippen LogP contribution is 2.24. The Bertz CT molecular complexity index is 2350. The first-order valence-corrected chi connectivity index (χ1v) is 24.1. The lowest BCUT2D eigenvalue weighted by Crippen LogP contribution is -2.62. The number of carbonyl (C=O) groups excluding carboxylic acids is 7. The zero-order chi connectivity index (χ0) is 48.6. The molecular weight excluding hydrogens is 905 g/mol. The van der Waals surface area contributed by atoms with Crippen molar-refractivity contribution in [3.63, 3.8) is 0 Å². The number of phenolic OH excluding ortho intramolecular Hbond substituents is 2. The summed E-state index contributed by atoms with van der Waals surface area (Å²) in [6, 6.07) is 9.69. The van der Waals surface area contributed by atoms with E-state index < -0.39 is 89.7 Å². The molecule has 1 aliphatic rings. The zero-order valence-corrected chi connectivity index (χ0v) is 38.4. The monoisotopic (exact) mass is 962 g/mol. The zero-order valence-electron chi connectivity index (χ0n) is 36.7. The molecule has 1 aromatic heterocycles. The van der Waals surface area contributed by atoms with Gasteiger partial charge in [-0.25, -0.2) is 0 Å². The number of aliphatic hydroxyl groups excluding tert-OH is 1. The van der Waals surface area contributed by atoms with Gasteiger partial charge < -0.3 is 69.4 Å². The summed E-state index contributed by atoms with van der Waals surface area (Å²) < 4.78 is 0. The van der Waals surface area contributed by atoms with E-state index in [1.807, 2.05) is 24.3 Å². The van der Waals surface area contributed by atoms with Gasteiger partial charge in [-0.15, -0.1) is 0 Å². The number of aromatic nitrogens is 1. The summed E-state index contributed by atoms with van der Waals surface area (Å²) in [7, 11) is 2.11. The Balaban J connectivity index is 1.49. The molecule has 4 aromatic rings. The lowest BCUT2D eigenvalue weighted by atomic mass is 10.0. The quantitative estimate of drug-likeness (QED) is 0.0546. The predicted octanol–water partition coefficient (Wildman–Crippen LogP) is -0.767. The first-order chi connectivity index (χ1) is 32.0. The number of nitrogens with one attached hydrogen (secondary N) is 7. The lowest BCUT2D eigenvalue weighted by molar-refractivity contribution is -0.136. The van der Waals surface area contributed by atoms with Crippen LogP contribution in [0.4, 0.5) is 0 Å². The molecule has 2 heterocycles. The van der Waals surface area contributed by atoms with Crippen molar-refractivity contribution in [1.29, 1.82) is 0 Å². The molecule has 0 radical (unpaired) electrons. The predicted molar refractivity (Wildman–Crippen MR) is 254 cm³/mol. The molecule has 8 atom stereocenters. The van der Waals surface area contributed by atoms with Gasteiger partial charge in [0.1, 0.15) is 47.8 Å². The van der Waals surface area contributed by atoms with Gasteiger partial charge in [-0.3, -0.25) is 33.6 Å². The number of para-hydroxylation sites is 1. The number of carbonyl (C=O) groups is 7. The maximum Gasteiger partial charge on any atom is 0.245 e. The van der Waals surface area contributed by atoms with Crippen LogP contribution in [0.5, 0.6) is 11.5 Å². The van der Waals surface area contributed by atoms with Crippen molar-refractivity contribution >= 4 is 73.8 Å². The fourth-order valence-electron chi connectivity index (χ4n) is 7.17. The molecule has 20 nitrogen and oxygen atoms in total. The number of phenols is 2. The van der Waals surface area contributed by atoms with E-state index in [2.05, 4.69) is 36.9 Å². The fraction of sp³-hybridized carbons (Fsp3) is 0.400. The number of aliphatic hydroxyl groups is 1. The van der Waals surface area contributed by atoms with Crippen LogP contribution < -0.4 is 49.1 Å². The topological polar surface area (TPSA) is 346 Å². The van der Waals surface area contributed by atoms with Gasteiger partial charge in [-0.2, -0.15) is 0 Å². The third kappa shape index (κ3) is 15.4. The number of aromatic amines is 1. The molecule has 0 spiro atoms. The molecule has 0 unspecified atom stereocenters. The molecule has 1 saturated heterocycles. The summed E-state index contributed by atoms with van der Waals surface area (Å²) in [5.41, 5.74) is 20.3. The Morgan fingerprint density at radius 2 is 1.31 bits per heavy atom. The molecule has 1 aliphatic heterocycles. The van der Waals surface area contributed by atoms with Gasteiger partial charge >= 0.3 is 0 Å². The second-order valence-electron chi connectivity index (χ2n) is 16.2. The molecule has 1 fully saturated rings. The summed E-state index contributed by atoms with van der Waals surface area (Å²) in [5.74, 6) is -6.12. The number of nitrogens with two attached hydrogens (primary N) is 3. The molecule has 0 saturated carbocycles. The van der Waals surface area contributed by atoms with E-state index in [0.717, 1.165) is 32.5 Å². The number of H-pyrrole nitrogens is 1. The normalized spacial score (nSPS) is 22.5. The highest BCUT2D eigenvalue weighted by Gasteiger charge is 2.36. The highest BCUT2D eigenvalue weighted by atomic mass is 33.1. The number of aromatic hydroxyl groups is 2. The van der Waals surface area contributed by atoms with Crippen molar-refractivity contribution in [2.45, 2.75) is 93.8 Å². The summed E-state index contributed by atoms with van der Waals surface area (Å²) in [5, 5.41) is 47.1. The molecule has 67 heavy (non-hydrogen) atoms. The van der Waals surface area contributed by atoms with Crippen LogP contribution in [0.15, 0.2) is 79.0 Å². The summed E-state index contributed by atoms with van der Waals surface area (Å²) >= 11 is 0. The van der Waals surface area contributed by atoms with Gasteiger partial charge in [0.05, 0.1) is 12.1 Å². The maximum atomic E-state index is 14.5. The molecule has 16 N–H and O–H groups in total. The lowest BCUT2D eigenvalue weighted by Gasteiger charge is -2.29. The van der Waals surface area contributed by atoms with Gasteiger partial charge in [-0.1, -0.05) is 64.1 Å². The van der Waals surface area contributed by atoms with E-state index in [1.165, 1.54) is 31.2 Å². The summed E-state index contributed by atoms with van der Waals surface area (Å²) in [4.78, 5) is 100. The number of benzene rings is 3. The standard InChI is InChI=1S/C45H58N10O10S2/c1-24(56)38-45(65)54-37(44(64)51-34(39(48)59)18-25-9-13-28(57)14-10-25)23-67-66-22-31(47)40(60)52-35(19-26-11-15-29(58)16-12-26)42(62)53-36(20-27-21-49-32-7-3-2-6-30(27)32)43(63)50-33(41(61)55-38)8-4-5-17-46/h2-3,6-7,9-16,21,24,31,33-38,49,56-58H,4-5,8,17-20,22-23,46-47H2,1H3,(H2,48,59)(H,50,63)(H,51,64)(H,52,60)(H,53,62)(H,54,65)(H,55,61)/t24-,31-,33+,34-,35+,36-,37+,38+/m1/s1. The number of primary amides is 1. The largest absolute Gasteiger partial charge is 0.508 e. The first-order valence-electron chi connectivity index (χ1n) is 21.6.